The van der Waals surface area contributed by atoms with Crippen LogP contribution in [0.2, 0.25) is 0 Å². The first-order valence-electron chi connectivity index (χ1n) is 2.90. The van der Waals surface area contributed by atoms with E-state index in [4.69, 9.17) is 14.6 Å². The Hall–Kier alpha value is -0.260. The number of morpholine rings is 1. The number of hydrogen-bond acceptors (Lipinski definition) is 4. The van der Waals surface area contributed by atoms with Crippen LogP contribution < -0.4 is 0 Å². The third-order valence-electron chi connectivity index (χ3n) is 0.987. The highest BCUT2D eigenvalue weighted by Crippen LogP contribution is 1.97. The molecule has 0 aromatic carbocycles. The van der Waals surface area contributed by atoms with Gasteiger partial charge in [-0.1, -0.05) is 12.8 Å². The Morgan fingerprint density at radius 3 is 2.10 bits per heavy atom. The molecule has 1 heterocycles. The number of nitrogens with zero attached hydrogens (tertiary/aromatic N) is 1. The molecule has 1 N–H and O–H groups in total. The lowest BCUT2D eigenvalue weighted by Gasteiger charge is -2.19. The fourth-order valence-electron chi connectivity index (χ4n) is 0.554. The molecule has 0 bridgehead atoms. The molecule has 0 aromatic rings. The lowest BCUT2D eigenvalue weighted by molar-refractivity contribution is -0.122. The second kappa shape index (κ2) is 6.85. The molecule has 4 nitrogen and oxygen atoms in total. The number of thiol groups is 1. The second-order valence-electron chi connectivity index (χ2n) is 1.67. The minimum Gasteiger partial charge on any atom is -0.483 e. The van der Waals surface area contributed by atoms with Gasteiger partial charge in [0.1, 0.15) is 0 Å². The summed E-state index contributed by atoms with van der Waals surface area (Å²) in [5, 5.41) is 6.89. The normalized spacial score (nSPS) is 18.9. The molecule has 1 aliphatic rings. The van der Waals surface area contributed by atoms with E-state index in [-0.39, 0.29) is 6.47 Å². The predicted octanol–water partition coefficient (Wildman–Crippen LogP) is -0.136. The third-order valence-corrected chi connectivity index (χ3v) is 1.39. The van der Waals surface area contributed by atoms with Crippen molar-refractivity contribution in [3.8, 4) is 0 Å². The van der Waals surface area contributed by atoms with Crippen molar-refractivity contribution in [1.29, 1.82) is 0 Å². The molecular weight excluding hydrogens is 154 g/mol. The summed E-state index contributed by atoms with van der Waals surface area (Å²) in [6, 6.07) is 0. The lowest BCUT2D eigenvalue weighted by Crippen LogP contribution is -2.28. The second-order valence-corrected chi connectivity index (χ2v) is 2.24. The van der Waals surface area contributed by atoms with Crippen LogP contribution in [0.5, 0.6) is 0 Å². The predicted molar refractivity (Wildman–Crippen MR) is 40.1 cm³/mol. The molecule has 0 spiro atoms. The van der Waals surface area contributed by atoms with Gasteiger partial charge in [0.05, 0.1) is 13.2 Å². The molecule has 0 saturated carbocycles. The number of carbonyl (C=O) groups is 1. The van der Waals surface area contributed by atoms with Gasteiger partial charge in [0.25, 0.3) is 6.47 Å². The smallest absolute Gasteiger partial charge is 0.290 e. The molecule has 1 saturated heterocycles. The summed E-state index contributed by atoms with van der Waals surface area (Å²) in [5.41, 5.74) is 0. The summed E-state index contributed by atoms with van der Waals surface area (Å²) in [5.74, 6) is 0. The summed E-state index contributed by atoms with van der Waals surface area (Å²) >= 11 is 4.11. The highest BCUT2D eigenvalue weighted by molar-refractivity contribution is 7.77. The van der Waals surface area contributed by atoms with Gasteiger partial charge in [-0.05, 0) is 0 Å². The van der Waals surface area contributed by atoms with Gasteiger partial charge in [-0.3, -0.25) is 4.79 Å². The minimum atomic E-state index is -0.250. The average Bonchev–Trinajstić information content (AvgIpc) is 1.91. The molecule has 0 amide bonds. The van der Waals surface area contributed by atoms with E-state index in [0.717, 1.165) is 26.3 Å². The van der Waals surface area contributed by atoms with Gasteiger partial charge in [0, 0.05) is 13.1 Å². The Morgan fingerprint density at radius 2 is 1.90 bits per heavy atom. The number of ether oxygens (including phenoxy) is 1. The van der Waals surface area contributed by atoms with E-state index in [1.165, 1.54) is 0 Å². The molecule has 0 unspecified atom stereocenters. The van der Waals surface area contributed by atoms with E-state index in [1.54, 1.807) is 0 Å². The number of rotatable bonds is 0. The van der Waals surface area contributed by atoms with E-state index < -0.39 is 0 Å². The number of hydrogen-bond donors (Lipinski definition) is 2. The van der Waals surface area contributed by atoms with E-state index >= 15 is 0 Å². The van der Waals surface area contributed by atoms with Crippen molar-refractivity contribution in [3.05, 3.63) is 0 Å². The average molecular weight is 165 g/mol. The van der Waals surface area contributed by atoms with Gasteiger partial charge in [0.2, 0.25) is 0 Å². The van der Waals surface area contributed by atoms with Crippen LogP contribution in [-0.4, -0.2) is 42.2 Å². The number of carboxylic acid groups (broad SMARTS) is 1. The van der Waals surface area contributed by atoms with Crippen molar-refractivity contribution in [2.45, 2.75) is 0 Å². The van der Waals surface area contributed by atoms with Crippen LogP contribution in [0.1, 0.15) is 0 Å². The van der Waals surface area contributed by atoms with Crippen molar-refractivity contribution in [2.24, 2.45) is 0 Å². The first-order chi connectivity index (χ1) is 4.81. The SMILES string of the molecule is O=CO.SN1CCOCC1. The van der Waals surface area contributed by atoms with Gasteiger partial charge in [-0.25, -0.2) is 4.31 Å². The van der Waals surface area contributed by atoms with Crippen molar-refractivity contribution in [1.82, 2.24) is 4.31 Å². The van der Waals surface area contributed by atoms with Crippen LogP contribution >= 0.6 is 12.8 Å². The molecule has 0 radical (unpaired) electrons. The van der Waals surface area contributed by atoms with Gasteiger partial charge >= 0.3 is 0 Å². The fourth-order valence-corrected chi connectivity index (χ4v) is 0.717. The highest BCUT2D eigenvalue weighted by atomic mass is 32.1. The van der Waals surface area contributed by atoms with Crippen LogP contribution in [0.4, 0.5) is 0 Å². The summed E-state index contributed by atoms with van der Waals surface area (Å²) in [6.45, 7) is 3.35. The van der Waals surface area contributed by atoms with Crippen LogP contribution in [0.25, 0.3) is 0 Å². The quantitative estimate of drug-likeness (QED) is 0.387. The molecule has 1 rings (SSSR count). The first kappa shape index (κ1) is 9.74. The Bertz CT molecular complexity index is 85.0. The zero-order chi connectivity index (χ0) is 7.82. The zero-order valence-corrected chi connectivity index (χ0v) is 6.46. The molecule has 0 atom stereocenters. The van der Waals surface area contributed by atoms with Gasteiger partial charge in [-0.15, -0.1) is 0 Å². The van der Waals surface area contributed by atoms with Crippen LogP contribution in [0.15, 0.2) is 0 Å². The third kappa shape index (κ3) is 5.87. The Labute approximate surface area is 65.3 Å². The molecule has 5 heteroatoms. The van der Waals surface area contributed by atoms with Crippen molar-refractivity contribution in [2.75, 3.05) is 26.3 Å². The maximum Gasteiger partial charge on any atom is 0.290 e. The minimum absolute atomic E-state index is 0.250. The largest absolute Gasteiger partial charge is 0.483 e. The highest BCUT2D eigenvalue weighted by Gasteiger charge is 2.03. The van der Waals surface area contributed by atoms with Gasteiger partial charge in [0.15, 0.2) is 0 Å². The van der Waals surface area contributed by atoms with E-state index in [1.807, 2.05) is 4.31 Å². The monoisotopic (exact) mass is 165 g/mol. The first-order valence-corrected chi connectivity index (χ1v) is 3.30. The fraction of sp³-hybridized carbons (Fsp3) is 0.800. The van der Waals surface area contributed by atoms with Gasteiger partial charge < -0.3 is 9.84 Å². The van der Waals surface area contributed by atoms with Crippen molar-refractivity contribution >= 4 is 19.3 Å². The molecular formula is C5H11NO3S. The summed E-state index contributed by atoms with van der Waals surface area (Å²) < 4.78 is 7.01. The maximum atomic E-state index is 8.36. The van der Waals surface area contributed by atoms with Crippen LogP contribution in [0, 0.1) is 0 Å². The zero-order valence-electron chi connectivity index (χ0n) is 5.56. The van der Waals surface area contributed by atoms with Crippen LogP contribution in [0.3, 0.4) is 0 Å². The lowest BCUT2D eigenvalue weighted by atomic mass is 10.5. The molecule has 60 valence electrons. The maximum absolute atomic E-state index is 8.36. The Balaban J connectivity index is 0.000000236. The van der Waals surface area contributed by atoms with Crippen molar-refractivity contribution in [3.63, 3.8) is 0 Å². The summed E-state index contributed by atoms with van der Waals surface area (Å²) in [6.07, 6.45) is 0. The topological polar surface area (TPSA) is 49.8 Å². The molecule has 0 aromatic heterocycles. The van der Waals surface area contributed by atoms with E-state index in [0.29, 0.717) is 0 Å². The molecule has 1 fully saturated rings. The molecule has 10 heavy (non-hydrogen) atoms. The Kier molecular flexibility index (Phi) is 6.68. The van der Waals surface area contributed by atoms with E-state index in [9.17, 15) is 0 Å². The van der Waals surface area contributed by atoms with E-state index in [2.05, 4.69) is 12.8 Å². The molecule has 1 aliphatic heterocycles. The summed E-state index contributed by atoms with van der Waals surface area (Å²) in [4.78, 5) is 8.36. The Morgan fingerprint density at radius 1 is 1.50 bits per heavy atom. The standard InChI is InChI=1S/C4H9NOS.CH2O2/c7-5-1-3-6-4-2-5;2-1-3/h7H,1-4H2;1H,(H,2,3). The molecule has 0 aliphatic carbocycles. The summed E-state index contributed by atoms with van der Waals surface area (Å²) in [7, 11) is 0. The van der Waals surface area contributed by atoms with Crippen molar-refractivity contribution < 1.29 is 14.6 Å². The van der Waals surface area contributed by atoms with Crippen LogP contribution in [-0.2, 0) is 9.53 Å². The van der Waals surface area contributed by atoms with Gasteiger partial charge in [-0.2, -0.15) is 0 Å².